The van der Waals surface area contributed by atoms with Crippen LogP contribution in [0.25, 0.3) is 0 Å². The number of piperidine rings is 1. The molecule has 1 aliphatic heterocycles. The van der Waals surface area contributed by atoms with Crippen LogP contribution in [-0.4, -0.2) is 45.3 Å². The predicted molar refractivity (Wildman–Crippen MR) is 68.0 cm³/mol. The summed E-state index contributed by atoms with van der Waals surface area (Å²) in [6, 6.07) is 2.14. The van der Waals surface area contributed by atoms with E-state index in [4.69, 9.17) is 5.26 Å². The highest BCUT2D eigenvalue weighted by Gasteiger charge is 2.22. The number of aromatic nitrogens is 3. The SMILES string of the molecule is Cn1cnnc1CCNC(=O)N1CCC[C@H](C#N)C1. The summed E-state index contributed by atoms with van der Waals surface area (Å²) in [5.41, 5.74) is 0. The van der Waals surface area contributed by atoms with E-state index in [1.807, 2.05) is 11.6 Å². The molecule has 1 saturated heterocycles. The maximum absolute atomic E-state index is 11.9. The lowest BCUT2D eigenvalue weighted by Crippen LogP contribution is -2.45. The molecule has 1 aliphatic rings. The van der Waals surface area contributed by atoms with E-state index in [1.165, 1.54) is 0 Å². The minimum atomic E-state index is -0.0953. The molecular weight excluding hydrogens is 244 g/mol. The molecule has 1 N–H and O–H groups in total. The Hall–Kier alpha value is -2.10. The molecule has 2 rings (SSSR count). The molecule has 7 heteroatoms. The molecule has 0 unspecified atom stereocenters. The summed E-state index contributed by atoms with van der Waals surface area (Å²) < 4.78 is 1.83. The van der Waals surface area contributed by atoms with Gasteiger partial charge in [-0.25, -0.2) is 4.79 Å². The number of nitriles is 1. The fraction of sp³-hybridized carbons (Fsp3) is 0.667. The Morgan fingerprint density at radius 2 is 2.53 bits per heavy atom. The van der Waals surface area contributed by atoms with Crippen LogP contribution in [0.1, 0.15) is 18.7 Å². The number of carbonyl (C=O) groups excluding carboxylic acids is 1. The van der Waals surface area contributed by atoms with E-state index in [1.54, 1.807) is 11.2 Å². The Morgan fingerprint density at radius 1 is 1.68 bits per heavy atom. The van der Waals surface area contributed by atoms with E-state index in [-0.39, 0.29) is 11.9 Å². The molecule has 7 nitrogen and oxygen atoms in total. The zero-order chi connectivity index (χ0) is 13.7. The van der Waals surface area contributed by atoms with Crippen molar-refractivity contribution in [2.45, 2.75) is 19.3 Å². The fourth-order valence-corrected chi connectivity index (χ4v) is 2.19. The van der Waals surface area contributed by atoms with Gasteiger partial charge in [-0.3, -0.25) is 0 Å². The summed E-state index contributed by atoms with van der Waals surface area (Å²) in [4.78, 5) is 13.7. The molecule has 0 spiro atoms. The van der Waals surface area contributed by atoms with Gasteiger partial charge >= 0.3 is 6.03 Å². The van der Waals surface area contributed by atoms with Gasteiger partial charge in [0.15, 0.2) is 0 Å². The quantitative estimate of drug-likeness (QED) is 0.849. The lowest BCUT2D eigenvalue weighted by atomic mass is 10.0. The number of amides is 2. The monoisotopic (exact) mass is 262 g/mol. The van der Waals surface area contributed by atoms with Gasteiger partial charge < -0.3 is 14.8 Å². The van der Waals surface area contributed by atoms with E-state index in [2.05, 4.69) is 21.6 Å². The Balaban J connectivity index is 1.75. The van der Waals surface area contributed by atoms with Crippen molar-refractivity contribution in [1.29, 1.82) is 5.26 Å². The number of urea groups is 1. The average molecular weight is 262 g/mol. The van der Waals surface area contributed by atoms with E-state index in [0.717, 1.165) is 25.2 Å². The van der Waals surface area contributed by atoms with Gasteiger partial charge in [-0.05, 0) is 12.8 Å². The molecule has 0 radical (unpaired) electrons. The van der Waals surface area contributed by atoms with Crippen LogP contribution in [0.15, 0.2) is 6.33 Å². The standard InChI is InChI=1S/C12H18N6O/c1-17-9-15-16-11(17)4-5-14-12(19)18-6-2-3-10(7-13)8-18/h9-10H,2-6,8H2,1H3,(H,14,19)/t10-/m1/s1. The van der Waals surface area contributed by atoms with Crippen LogP contribution in [0.2, 0.25) is 0 Å². The van der Waals surface area contributed by atoms with E-state index < -0.39 is 0 Å². The van der Waals surface area contributed by atoms with E-state index >= 15 is 0 Å². The van der Waals surface area contributed by atoms with E-state index in [0.29, 0.717) is 19.5 Å². The third-order valence-electron chi connectivity index (χ3n) is 3.32. The Labute approximate surface area is 112 Å². The first-order valence-electron chi connectivity index (χ1n) is 6.46. The van der Waals surface area contributed by atoms with Crippen molar-refractivity contribution >= 4 is 6.03 Å². The zero-order valence-corrected chi connectivity index (χ0v) is 11.0. The molecular formula is C12H18N6O. The number of likely N-dealkylation sites (tertiary alicyclic amines) is 1. The molecule has 19 heavy (non-hydrogen) atoms. The third kappa shape index (κ3) is 3.44. The van der Waals surface area contributed by atoms with Gasteiger partial charge in [0, 0.05) is 33.1 Å². The first kappa shape index (κ1) is 13.3. The molecule has 1 atom stereocenters. The second kappa shape index (κ2) is 6.18. The van der Waals surface area contributed by atoms with Crippen molar-refractivity contribution in [2.75, 3.05) is 19.6 Å². The molecule has 0 saturated carbocycles. The third-order valence-corrected chi connectivity index (χ3v) is 3.32. The highest BCUT2D eigenvalue weighted by atomic mass is 16.2. The lowest BCUT2D eigenvalue weighted by Gasteiger charge is -2.29. The van der Waals surface area contributed by atoms with Crippen LogP contribution in [0.3, 0.4) is 0 Å². The van der Waals surface area contributed by atoms with Gasteiger partial charge in [-0.2, -0.15) is 5.26 Å². The smallest absolute Gasteiger partial charge is 0.317 e. The fourth-order valence-electron chi connectivity index (χ4n) is 2.19. The van der Waals surface area contributed by atoms with Crippen LogP contribution in [0, 0.1) is 17.2 Å². The number of carbonyl (C=O) groups is 1. The second-order valence-electron chi connectivity index (χ2n) is 4.75. The van der Waals surface area contributed by atoms with Gasteiger partial charge in [0.2, 0.25) is 0 Å². The minimum absolute atomic E-state index is 0.0294. The number of rotatable bonds is 3. The van der Waals surface area contributed by atoms with Crippen LogP contribution < -0.4 is 5.32 Å². The Bertz CT molecular complexity index is 477. The molecule has 1 aromatic heterocycles. The van der Waals surface area contributed by atoms with Crippen molar-refractivity contribution in [3.63, 3.8) is 0 Å². The highest BCUT2D eigenvalue weighted by molar-refractivity contribution is 5.74. The lowest BCUT2D eigenvalue weighted by molar-refractivity contribution is 0.176. The highest BCUT2D eigenvalue weighted by Crippen LogP contribution is 2.15. The molecule has 2 amide bonds. The van der Waals surface area contributed by atoms with Crippen LogP contribution in [0.5, 0.6) is 0 Å². The average Bonchev–Trinajstić information content (AvgIpc) is 2.84. The minimum Gasteiger partial charge on any atom is -0.338 e. The van der Waals surface area contributed by atoms with Gasteiger partial charge in [0.05, 0.1) is 12.0 Å². The second-order valence-corrected chi connectivity index (χ2v) is 4.75. The molecule has 0 aromatic carbocycles. The predicted octanol–water partition coefficient (Wildman–Crippen LogP) is 0.303. The molecule has 1 aromatic rings. The number of nitrogens with one attached hydrogen (secondary N) is 1. The van der Waals surface area contributed by atoms with Crippen LogP contribution >= 0.6 is 0 Å². The molecule has 1 fully saturated rings. The Morgan fingerprint density at radius 3 is 3.21 bits per heavy atom. The summed E-state index contributed by atoms with van der Waals surface area (Å²) in [5, 5.41) is 19.5. The summed E-state index contributed by atoms with van der Waals surface area (Å²) in [6.07, 6.45) is 4.07. The van der Waals surface area contributed by atoms with Gasteiger partial charge in [0.25, 0.3) is 0 Å². The summed E-state index contributed by atoms with van der Waals surface area (Å²) >= 11 is 0. The number of nitrogens with zero attached hydrogens (tertiary/aromatic N) is 5. The summed E-state index contributed by atoms with van der Waals surface area (Å²) in [7, 11) is 1.87. The van der Waals surface area contributed by atoms with Crippen molar-refractivity contribution in [3.05, 3.63) is 12.2 Å². The normalized spacial score (nSPS) is 18.9. The molecule has 0 aliphatic carbocycles. The number of aryl methyl sites for hydroxylation is 1. The van der Waals surface area contributed by atoms with Crippen LogP contribution in [0.4, 0.5) is 4.79 Å². The first-order chi connectivity index (χ1) is 9.20. The number of hydrogen-bond donors (Lipinski definition) is 1. The number of hydrogen-bond acceptors (Lipinski definition) is 4. The first-order valence-corrected chi connectivity index (χ1v) is 6.46. The molecule has 102 valence electrons. The maximum Gasteiger partial charge on any atom is 0.317 e. The molecule has 2 heterocycles. The summed E-state index contributed by atoms with van der Waals surface area (Å²) in [5.74, 6) is 0.812. The van der Waals surface area contributed by atoms with Crippen LogP contribution in [-0.2, 0) is 13.5 Å². The maximum atomic E-state index is 11.9. The van der Waals surface area contributed by atoms with E-state index in [9.17, 15) is 4.79 Å². The van der Waals surface area contributed by atoms with Gasteiger partial charge in [-0.15, -0.1) is 10.2 Å². The van der Waals surface area contributed by atoms with Gasteiger partial charge in [0.1, 0.15) is 12.2 Å². The van der Waals surface area contributed by atoms with Crippen molar-refractivity contribution in [3.8, 4) is 6.07 Å². The molecule has 0 bridgehead atoms. The zero-order valence-electron chi connectivity index (χ0n) is 11.0. The Kier molecular flexibility index (Phi) is 4.34. The van der Waals surface area contributed by atoms with Crippen molar-refractivity contribution in [2.24, 2.45) is 13.0 Å². The summed E-state index contributed by atoms with van der Waals surface area (Å²) in [6.45, 7) is 1.79. The topological polar surface area (TPSA) is 86.8 Å². The van der Waals surface area contributed by atoms with Crippen molar-refractivity contribution in [1.82, 2.24) is 25.0 Å². The van der Waals surface area contributed by atoms with Gasteiger partial charge in [-0.1, -0.05) is 0 Å². The van der Waals surface area contributed by atoms with Crippen molar-refractivity contribution < 1.29 is 4.79 Å². The largest absolute Gasteiger partial charge is 0.338 e.